The Morgan fingerprint density at radius 1 is 1.08 bits per heavy atom. The topological polar surface area (TPSA) is 98.3 Å². The Morgan fingerprint density at radius 2 is 1.87 bits per heavy atom. The second-order valence-corrected chi connectivity index (χ2v) is 9.53. The molecule has 2 unspecified atom stereocenters. The Bertz CT molecular complexity index is 1400. The number of benzene rings is 3. The summed E-state index contributed by atoms with van der Waals surface area (Å²) in [6, 6.07) is 21.6. The van der Waals surface area contributed by atoms with Crippen molar-refractivity contribution in [3.05, 3.63) is 84.9 Å². The Kier molecular flexibility index (Phi) is 7.60. The maximum atomic E-state index is 12.2. The van der Waals surface area contributed by atoms with Crippen molar-refractivity contribution in [1.82, 2.24) is 4.90 Å². The number of hydrogen-bond donors (Lipinski definition) is 3. The van der Waals surface area contributed by atoms with E-state index in [-0.39, 0.29) is 24.2 Å². The molecule has 0 spiro atoms. The first-order valence-corrected chi connectivity index (χ1v) is 12.8. The van der Waals surface area contributed by atoms with Crippen LogP contribution >= 0.6 is 0 Å². The summed E-state index contributed by atoms with van der Waals surface area (Å²) in [4.78, 5) is 32.8. The van der Waals surface area contributed by atoms with Crippen LogP contribution in [0.15, 0.2) is 84.4 Å². The van der Waals surface area contributed by atoms with Crippen LogP contribution in [0.25, 0.3) is 11.1 Å². The van der Waals surface area contributed by atoms with Crippen LogP contribution in [0.3, 0.4) is 0 Å². The molecule has 9 heteroatoms. The van der Waals surface area contributed by atoms with Gasteiger partial charge in [-0.25, -0.2) is 4.99 Å². The Morgan fingerprint density at radius 3 is 2.64 bits per heavy atom. The van der Waals surface area contributed by atoms with Crippen LogP contribution in [0.4, 0.5) is 22.7 Å². The lowest BCUT2D eigenvalue weighted by atomic mass is 9.99. The van der Waals surface area contributed by atoms with E-state index in [2.05, 4.69) is 44.6 Å². The van der Waals surface area contributed by atoms with Crippen LogP contribution in [0.2, 0.25) is 0 Å². The van der Waals surface area contributed by atoms with Crippen molar-refractivity contribution in [2.45, 2.75) is 12.3 Å². The van der Waals surface area contributed by atoms with E-state index in [0.717, 1.165) is 46.8 Å². The summed E-state index contributed by atoms with van der Waals surface area (Å²) in [7, 11) is 3.38. The van der Waals surface area contributed by atoms with Gasteiger partial charge in [0.25, 0.3) is 0 Å². The monoisotopic (exact) mass is 524 g/mol. The molecular weight excluding hydrogens is 492 g/mol. The SMILES string of the molecule is C=CC(=O)Nc1cccc(-c2cccc3c2NC(Nc2ccc(N4CCN(C)C(C(=O)OC)C4)cc2)N=C3)c1. The predicted molar refractivity (Wildman–Crippen MR) is 156 cm³/mol. The molecule has 39 heavy (non-hydrogen) atoms. The number of aliphatic imine (C=N–C) groups is 1. The summed E-state index contributed by atoms with van der Waals surface area (Å²) in [5.41, 5.74) is 6.59. The molecule has 2 aliphatic heterocycles. The normalized spacial score (nSPS) is 18.5. The van der Waals surface area contributed by atoms with E-state index in [0.29, 0.717) is 12.2 Å². The third-order valence-electron chi connectivity index (χ3n) is 7.02. The van der Waals surface area contributed by atoms with Gasteiger partial charge in [0.2, 0.25) is 5.91 Å². The highest BCUT2D eigenvalue weighted by atomic mass is 16.5. The van der Waals surface area contributed by atoms with Crippen LogP contribution in [-0.2, 0) is 14.3 Å². The van der Waals surface area contributed by atoms with Gasteiger partial charge in [-0.3, -0.25) is 14.5 Å². The van der Waals surface area contributed by atoms with Gasteiger partial charge in [-0.05, 0) is 55.1 Å². The number of rotatable bonds is 7. The van der Waals surface area contributed by atoms with Gasteiger partial charge < -0.3 is 25.6 Å². The summed E-state index contributed by atoms with van der Waals surface area (Å²) in [5.74, 6) is -0.465. The molecule has 1 saturated heterocycles. The van der Waals surface area contributed by atoms with Crippen molar-refractivity contribution in [2.24, 2.45) is 4.99 Å². The lowest BCUT2D eigenvalue weighted by Gasteiger charge is -2.39. The predicted octanol–water partition coefficient (Wildman–Crippen LogP) is 4.01. The first kappa shape index (κ1) is 26.0. The molecule has 1 fully saturated rings. The zero-order valence-electron chi connectivity index (χ0n) is 22.1. The van der Waals surface area contributed by atoms with E-state index in [4.69, 9.17) is 4.74 Å². The first-order chi connectivity index (χ1) is 18.9. The average molecular weight is 525 g/mol. The van der Waals surface area contributed by atoms with Gasteiger partial charge in [0, 0.05) is 54.0 Å². The van der Waals surface area contributed by atoms with Gasteiger partial charge in [0.15, 0.2) is 6.29 Å². The standard InChI is InChI=1S/C30H32N6O3/c1-4-27(37)32-23-9-5-7-20(17-23)25-10-6-8-21-18-31-30(34-28(21)25)33-22-11-13-24(14-12-22)36-16-15-35(2)26(19-36)29(38)39-3/h4-14,17-18,26,30,33-34H,1,15-16,19H2,2-3H3,(H,32,37). The van der Waals surface area contributed by atoms with Crippen LogP contribution in [0, 0.1) is 0 Å². The number of ether oxygens (including phenoxy) is 1. The second kappa shape index (κ2) is 11.4. The van der Waals surface area contributed by atoms with Crippen molar-refractivity contribution in [2.75, 3.05) is 54.6 Å². The first-order valence-electron chi connectivity index (χ1n) is 12.8. The minimum absolute atomic E-state index is 0.213. The number of methoxy groups -OCH3 is 1. The molecule has 9 nitrogen and oxygen atoms in total. The number of nitrogens with zero attached hydrogens (tertiary/aromatic N) is 3. The zero-order chi connectivity index (χ0) is 27.4. The van der Waals surface area contributed by atoms with E-state index >= 15 is 0 Å². The van der Waals surface area contributed by atoms with Gasteiger partial charge in [0.05, 0.1) is 12.8 Å². The van der Waals surface area contributed by atoms with E-state index < -0.39 is 0 Å². The molecule has 3 aromatic carbocycles. The number of likely N-dealkylation sites (N-methyl/N-ethyl adjacent to an activating group) is 1. The van der Waals surface area contributed by atoms with Gasteiger partial charge in [-0.1, -0.05) is 36.9 Å². The molecular formula is C30H32N6O3. The lowest BCUT2D eigenvalue weighted by molar-refractivity contribution is -0.146. The van der Waals surface area contributed by atoms with Gasteiger partial charge >= 0.3 is 5.97 Å². The number of esters is 1. The fraction of sp³-hybridized carbons (Fsp3) is 0.233. The maximum Gasteiger partial charge on any atom is 0.324 e. The van der Waals surface area contributed by atoms with Crippen molar-refractivity contribution in [3.8, 4) is 11.1 Å². The van der Waals surface area contributed by atoms with Gasteiger partial charge in [-0.15, -0.1) is 0 Å². The van der Waals surface area contributed by atoms with Crippen LogP contribution in [0.1, 0.15) is 5.56 Å². The maximum absolute atomic E-state index is 12.2. The van der Waals surface area contributed by atoms with Gasteiger partial charge in [0.1, 0.15) is 6.04 Å². The number of anilines is 4. The molecule has 2 aliphatic rings. The van der Waals surface area contributed by atoms with Crippen LogP contribution in [-0.4, -0.2) is 69.1 Å². The third kappa shape index (κ3) is 5.78. The summed E-state index contributed by atoms with van der Waals surface area (Å²) in [5, 5.41) is 9.77. The highest BCUT2D eigenvalue weighted by Gasteiger charge is 2.31. The summed E-state index contributed by atoms with van der Waals surface area (Å²) >= 11 is 0. The average Bonchev–Trinajstić information content (AvgIpc) is 2.97. The molecule has 0 radical (unpaired) electrons. The molecule has 2 atom stereocenters. The Balaban J connectivity index is 1.29. The lowest BCUT2D eigenvalue weighted by Crippen LogP contribution is -2.55. The number of amides is 1. The summed E-state index contributed by atoms with van der Waals surface area (Å²) in [6.07, 6.45) is 2.75. The quantitative estimate of drug-likeness (QED) is 0.317. The van der Waals surface area contributed by atoms with Crippen molar-refractivity contribution in [3.63, 3.8) is 0 Å². The number of para-hydroxylation sites is 1. The Hall–Kier alpha value is -4.63. The fourth-order valence-corrected chi connectivity index (χ4v) is 4.86. The highest BCUT2D eigenvalue weighted by Crippen LogP contribution is 2.34. The number of hydrogen-bond acceptors (Lipinski definition) is 8. The molecule has 3 N–H and O–H groups in total. The summed E-state index contributed by atoms with van der Waals surface area (Å²) in [6.45, 7) is 5.72. The minimum Gasteiger partial charge on any atom is -0.468 e. The Labute approximate surface area is 228 Å². The largest absolute Gasteiger partial charge is 0.468 e. The minimum atomic E-state index is -0.361. The molecule has 0 aliphatic carbocycles. The number of fused-ring (bicyclic) bond motifs is 1. The van der Waals surface area contributed by atoms with E-state index in [1.807, 2.05) is 72.8 Å². The second-order valence-electron chi connectivity index (χ2n) is 9.53. The third-order valence-corrected chi connectivity index (χ3v) is 7.02. The molecule has 0 aromatic heterocycles. The van der Waals surface area contributed by atoms with Crippen molar-refractivity contribution < 1.29 is 14.3 Å². The number of nitrogens with one attached hydrogen (secondary N) is 3. The highest BCUT2D eigenvalue weighted by molar-refractivity contribution is 6.00. The summed E-state index contributed by atoms with van der Waals surface area (Å²) < 4.78 is 4.98. The molecule has 2 heterocycles. The number of carbonyl (C=O) groups excluding carboxylic acids is 2. The van der Waals surface area contributed by atoms with E-state index in [1.165, 1.54) is 13.2 Å². The van der Waals surface area contributed by atoms with Crippen LogP contribution < -0.4 is 20.9 Å². The molecule has 3 aromatic rings. The molecule has 1 amide bonds. The van der Waals surface area contributed by atoms with E-state index in [1.54, 1.807) is 0 Å². The van der Waals surface area contributed by atoms with Crippen LogP contribution in [0.5, 0.6) is 0 Å². The zero-order valence-corrected chi connectivity index (χ0v) is 22.1. The molecule has 0 saturated carbocycles. The molecule has 200 valence electrons. The smallest absolute Gasteiger partial charge is 0.324 e. The molecule has 0 bridgehead atoms. The number of carbonyl (C=O) groups is 2. The van der Waals surface area contributed by atoms with Crippen molar-refractivity contribution in [1.29, 1.82) is 0 Å². The van der Waals surface area contributed by atoms with Crippen molar-refractivity contribution >= 4 is 40.8 Å². The van der Waals surface area contributed by atoms with E-state index in [9.17, 15) is 9.59 Å². The fourth-order valence-electron chi connectivity index (χ4n) is 4.86. The molecule has 5 rings (SSSR count). The number of piperazine rings is 1. The van der Waals surface area contributed by atoms with Gasteiger partial charge in [-0.2, -0.15) is 0 Å².